The van der Waals surface area contributed by atoms with Gasteiger partial charge < -0.3 is 4.74 Å². The van der Waals surface area contributed by atoms with Crippen molar-refractivity contribution in [3.8, 4) is 0 Å². The van der Waals surface area contributed by atoms with Crippen molar-refractivity contribution in [1.29, 1.82) is 0 Å². The Kier molecular flexibility index (Phi) is 4.74. The van der Waals surface area contributed by atoms with E-state index in [1.807, 2.05) is 0 Å². The SMILES string of the molecule is CCC(C)COC(C)(C)CC. The summed E-state index contributed by atoms with van der Waals surface area (Å²) in [5.41, 5.74) is 0.0728. The average Bonchev–Trinajstić information content (AvgIpc) is 2.00. The van der Waals surface area contributed by atoms with E-state index in [9.17, 15) is 0 Å². The minimum atomic E-state index is 0.0728. The zero-order chi connectivity index (χ0) is 8.91. The van der Waals surface area contributed by atoms with Crippen LogP contribution in [0.5, 0.6) is 0 Å². The molecule has 1 unspecified atom stereocenters. The summed E-state index contributed by atoms with van der Waals surface area (Å²) in [4.78, 5) is 0. The highest BCUT2D eigenvalue weighted by molar-refractivity contribution is 4.65. The molecule has 0 N–H and O–H groups in total. The molecule has 1 nitrogen and oxygen atoms in total. The van der Waals surface area contributed by atoms with Crippen LogP contribution >= 0.6 is 0 Å². The first kappa shape index (κ1) is 11.0. The van der Waals surface area contributed by atoms with Crippen molar-refractivity contribution in [2.45, 2.75) is 53.1 Å². The van der Waals surface area contributed by atoms with Crippen LogP contribution in [0, 0.1) is 5.92 Å². The fraction of sp³-hybridized carbons (Fsp3) is 1.00. The first-order valence-electron chi connectivity index (χ1n) is 4.65. The van der Waals surface area contributed by atoms with E-state index in [-0.39, 0.29) is 5.60 Å². The normalized spacial score (nSPS) is 15.0. The largest absolute Gasteiger partial charge is 0.375 e. The van der Waals surface area contributed by atoms with Gasteiger partial charge in [-0.2, -0.15) is 0 Å². The zero-order valence-corrected chi connectivity index (χ0v) is 8.61. The van der Waals surface area contributed by atoms with Crippen LogP contribution in [0.4, 0.5) is 0 Å². The molecule has 11 heavy (non-hydrogen) atoms. The molecular formula is C10H22O. The molecule has 0 aliphatic heterocycles. The molecule has 0 fully saturated rings. The second-order valence-electron chi connectivity index (χ2n) is 3.94. The third-order valence-electron chi connectivity index (χ3n) is 2.31. The van der Waals surface area contributed by atoms with E-state index in [0.717, 1.165) is 13.0 Å². The highest BCUT2D eigenvalue weighted by atomic mass is 16.5. The number of ether oxygens (including phenoxy) is 1. The van der Waals surface area contributed by atoms with Gasteiger partial charge in [0.25, 0.3) is 0 Å². The molecule has 0 aromatic heterocycles. The smallest absolute Gasteiger partial charge is 0.0624 e. The van der Waals surface area contributed by atoms with E-state index >= 15 is 0 Å². The van der Waals surface area contributed by atoms with Crippen molar-refractivity contribution >= 4 is 0 Å². The Morgan fingerprint density at radius 1 is 1.27 bits per heavy atom. The van der Waals surface area contributed by atoms with Crippen LogP contribution in [0.1, 0.15) is 47.5 Å². The average molecular weight is 158 g/mol. The van der Waals surface area contributed by atoms with E-state index in [1.165, 1.54) is 6.42 Å². The number of hydrogen-bond acceptors (Lipinski definition) is 1. The summed E-state index contributed by atoms with van der Waals surface area (Å²) < 4.78 is 5.73. The Morgan fingerprint density at radius 3 is 2.18 bits per heavy atom. The van der Waals surface area contributed by atoms with Crippen molar-refractivity contribution in [3.05, 3.63) is 0 Å². The molecular weight excluding hydrogens is 136 g/mol. The molecule has 0 aliphatic rings. The Balaban J connectivity index is 3.52. The maximum absolute atomic E-state index is 5.73. The molecule has 1 atom stereocenters. The number of hydrogen-bond donors (Lipinski definition) is 0. The van der Waals surface area contributed by atoms with Gasteiger partial charge in [-0.3, -0.25) is 0 Å². The summed E-state index contributed by atoms with van der Waals surface area (Å²) in [6.45, 7) is 11.8. The van der Waals surface area contributed by atoms with Crippen LogP contribution < -0.4 is 0 Å². The first-order chi connectivity index (χ1) is 5.02. The third-order valence-corrected chi connectivity index (χ3v) is 2.31. The maximum atomic E-state index is 5.73. The van der Waals surface area contributed by atoms with Crippen LogP contribution in [-0.2, 0) is 4.74 Å². The van der Waals surface area contributed by atoms with Gasteiger partial charge >= 0.3 is 0 Å². The van der Waals surface area contributed by atoms with Crippen molar-refractivity contribution in [3.63, 3.8) is 0 Å². The molecule has 0 bridgehead atoms. The first-order valence-corrected chi connectivity index (χ1v) is 4.65. The molecule has 0 saturated carbocycles. The monoisotopic (exact) mass is 158 g/mol. The van der Waals surface area contributed by atoms with E-state index in [4.69, 9.17) is 4.74 Å². The van der Waals surface area contributed by atoms with Crippen LogP contribution in [0.15, 0.2) is 0 Å². The highest BCUT2D eigenvalue weighted by Crippen LogP contribution is 2.15. The molecule has 0 amide bonds. The van der Waals surface area contributed by atoms with Gasteiger partial charge in [0, 0.05) is 6.61 Å². The van der Waals surface area contributed by atoms with Gasteiger partial charge in [-0.1, -0.05) is 27.2 Å². The fourth-order valence-electron chi connectivity index (χ4n) is 0.588. The van der Waals surface area contributed by atoms with E-state index < -0.39 is 0 Å². The van der Waals surface area contributed by atoms with Gasteiger partial charge in [0.1, 0.15) is 0 Å². The minimum Gasteiger partial charge on any atom is -0.375 e. The van der Waals surface area contributed by atoms with Gasteiger partial charge in [-0.25, -0.2) is 0 Å². The van der Waals surface area contributed by atoms with Gasteiger partial charge in [-0.15, -0.1) is 0 Å². The predicted molar refractivity (Wildman–Crippen MR) is 49.8 cm³/mol. The molecule has 0 aliphatic carbocycles. The predicted octanol–water partition coefficient (Wildman–Crippen LogP) is 3.24. The van der Waals surface area contributed by atoms with E-state index in [0.29, 0.717) is 5.92 Å². The quantitative estimate of drug-likeness (QED) is 0.597. The summed E-state index contributed by atoms with van der Waals surface area (Å²) in [6.07, 6.45) is 2.29. The molecule has 0 heterocycles. The van der Waals surface area contributed by atoms with E-state index in [2.05, 4.69) is 34.6 Å². The molecule has 1 heteroatoms. The van der Waals surface area contributed by atoms with E-state index in [1.54, 1.807) is 0 Å². The van der Waals surface area contributed by atoms with Crippen molar-refractivity contribution in [2.24, 2.45) is 5.92 Å². The molecule has 0 saturated heterocycles. The lowest BCUT2D eigenvalue weighted by molar-refractivity contribution is -0.0355. The molecule has 0 aromatic carbocycles. The van der Waals surface area contributed by atoms with Gasteiger partial charge in [0.2, 0.25) is 0 Å². The Bertz CT molecular complexity index is 97.0. The van der Waals surface area contributed by atoms with Crippen molar-refractivity contribution in [1.82, 2.24) is 0 Å². The third kappa shape index (κ3) is 5.25. The summed E-state index contributed by atoms with van der Waals surface area (Å²) in [5, 5.41) is 0. The van der Waals surface area contributed by atoms with Gasteiger partial charge in [0.15, 0.2) is 0 Å². The maximum Gasteiger partial charge on any atom is 0.0624 e. The van der Waals surface area contributed by atoms with Crippen molar-refractivity contribution in [2.75, 3.05) is 6.61 Å². The topological polar surface area (TPSA) is 9.23 Å². The molecule has 68 valence electrons. The molecule has 0 radical (unpaired) electrons. The lowest BCUT2D eigenvalue weighted by atomic mass is 10.1. The molecule has 0 spiro atoms. The van der Waals surface area contributed by atoms with Gasteiger partial charge in [-0.05, 0) is 26.2 Å². The number of rotatable bonds is 5. The van der Waals surface area contributed by atoms with Crippen LogP contribution in [0.25, 0.3) is 0 Å². The molecule has 0 rings (SSSR count). The van der Waals surface area contributed by atoms with Crippen LogP contribution in [-0.4, -0.2) is 12.2 Å². The standard InChI is InChI=1S/C10H22O/c1-6-9(3)8-11-10(4,5)7-2/h9H,6-8H2,1-5H3. The molecule has 0 aromatic rings. The Morgan fingerprint density at radius 2 is 1.82 bits per heavy atom. The summed E-state index contributed by atoms with van der Waals surface area (Å²) in [6, 6.07) is 0. The van der Waals surface area contributed by atoms with Crippen molar-refractivity contribution < 1.29 is 4.74 Å². The second kappa shape index (κ2) is 4.76. The Labute approximate surface area is 71.1 Å². The summed E-state index contributed by atoms with van der Waals surface area (Å²) >= 11 is 0. The van der Waals surface area contributed by atoms with Crippen LogP contribution in [0.2, 0.25) is 0 Å². The fourth-order valence-corrected chi connectivity index (χ4v) is 0.588. The zero-order valence-electron chi connectivity index (χ0n) is 8.61. The lowest BCUT2D eigenvalue weighted by Crippen LogP contribution is -2.25. The highest BCUT2D eigenvalue weighted by Gasteiger charge is 2.15. The second-order valence-corrected chi connectivity index (χ2v) is 3.94. The summed E-state index contributed by atoms with van der Waals surface area (Å²) in [5.74, 6) is 0.695. The van der Waals surface area contributed by atoms with Crippen LogP contribution in [0.3, 0.4) is 0 Å². The lowest BCUT2D eigenvalue weighted by Gasteiger charge is -2.25. The Hall–Kier alpha value is -0.0400. The van der Waals surface area contributed by atoms with Gasteiger partial charge in [0.05, 0.1) is 5.60 Å². The summed E-state index contributed by atoms with van der Waals surface area (Å²) in [7, 11) is 0. The minimum absolute atomic E-state index is 0.0728.